The van der Waals surface area contributed by atoms with Gasteiger partial charge in [0.1, 0.15) is 23.7 Å². The van der Waals surface area contributed by atoms with E-state index in [-0.39, 0.29) is 24.1 Å². The molecule has 0 aliphatic heterocycles. The number of aryl methyl sites for hydroxylation is 1. The molecule has 0 bridgehead atoms. The number of aromatic nitrogens is 3. The van der Waals surface area contributed by atoms with Gasteiger partial charge in [0.25, 0.3) is 5.91 Å². The number of nitrogens with zero attached hydrogens (tertiary/aromatic N) is 3. The highest BCUT2D eigenvalue weighted by molar-refractivity contribution is 5.91. The summed E-state index contributed by atoms with van der Waals surface area (Å²) in [5.41, 5.74) is 0.146. The van der Waals surface area contributed by atoms with Crippen LogP contribution in [-0.4, -0.2) is 20.4 Å². The summed E-state index contributed by atoms with van der Waals surface area (Å²) in [7, 11) is 0. The number of imidazole rings is 1. The first kappa shape index (κ1) is 16.7. The first-order valence-corrected chi connectivity index (χ1v) is 7.76. The van der Waals surface area contributed by atoms with Crippen molar-refractivity contribution in [3.05, 3.63) is 66.1 Å². The highest BCUT2D eigenvalue weighted by Gasteiger charge is 2.13. The lowest BCUT2D eigenvalue weighted by molar-refractivity contribution is 0.0944. The highest BCUT2D eigenvalue weighted by Crippen LogP contribution is 2.14. The van der Waals surface area contributed by atoms with Crippen molar-refractivity contribution in [1.82, 2.24) is 19.9 Å². The van der Waals surface area contributed by atoms with E-state index in [1.54, 1.807) is 18.3 Å². The topological polar surface area (TPSA) is 82.2 Å². The van der Waals surface area contributed by atoms with Crippen LogP contribution >= 0.6 is 0 Å². The molecule has 25 heavy (non-hydrogen) atoms. The van der Waals surface area contributed by atoms with E-state index in [2.05, 4.69) is 15.3 Å². The zero-order valence-corrected chi connectivity index (χ0v) is 13.6. The molecule has 0 unspecified atom stereocenters. The summed E-state index contributed by atoms with van der Waals surface area (Å²) < 4.78 is 25.6. The molecule has 0 atom stereocenters. The van der Waals surface area contributed by atoms with E-state index in [0.717, 1.165) is 12.4 Å². The fourth-order valence-corrected chi connectivity index (χ4v) is 2.23. The van der Waals surface area contributed by atoms with Crippen molar-refractivity contribution in [2.24, 2.45) is 0 Å². The van der Waals surface area contributed by atoms with Crippen LogP contribution in [0.15, 0.2) is 47.3 Å². The second kappa shape index (κ2) is 7.61. The molecule has 1 N–H and O–H groups in total. The minimum absolute atomic E-state index is 0.00300. The third kappa shape index (κ3) is 4.23. The Balaban J connectivity index is 1.54. The van der Waals surface area contributed by atoms with Crippen LogP contribution in [0, 0.1) is 5.82 Å². The van der Waals surface area contributed by atoms with Gasteiger partial charge in [-0.15, -0.1) is 0 Å². The number of amides is 1. The van der Waals surface area contributed by atoms with Crippen molar-refractivity contribution >= 4 is 5.91 Å². The smallest absolute Gasteiger partial charge is 0.273 e. The Morgan fingerprint density at radius 1 is 1.44 bits per heavy atom. The lowest BCUT2D eigenvalue weighted by Gasteiger charge is -2.05. The van der Waals surface area contributed by atoms with Gasteiger partial charge >= 0.3 is 0 Å². The fourth-order valence-electron chi connectivity index (χ4n) is 2.23. The van der Waals surface area contributed by atoms with E-state index < -0.39 is 5.82 Å². The van der Waals surface area contributed by atoms with Crippen LogP contribution in [0.3, 0.4) is 0 Å². The molecule has 8 heteroatoms. The molecule has 0 saturated heterocycles. The minimum atomic E-state index is -0.393. The van der Waals surface area contributed by atoms with Gasteiger partial charge in [-0.1, -0.05) is 6.07 Å². The number of nitrogens with one attached hydrogen (secondary N) is 1. The minimum Gasteiger partial charge on any atom is -0.484 e. The van der Waals surface area contributed by atoms with Crippen molar-refractivity contribution in [2.75, 3.05) is 0 Å². The number of halogens is 1. The van der Waals surface area contributed by atoms with Gasteiger partial charge in [-0.05, 0) is 19.1 Å². The number of oxazole rings is 1. The van der Waals surface area contributed by atoms with Gasteiger partial charge < -0.3 is 19.0 Å². The molecule has 7 nitrogen and oxygen atoms in total. The van der Waals surface area contributed by atoms with Crippen LogP contribution in [0.2, 0.25) is 0 Å². The van der Waals surface area contributed by atoms with Crippen molar-refractivity contribution in [1.29, 1.82) is 0 Å². The normalized spacial score (nSPS) is 10.6. The molecule has 0 spiro atoms. The van der Waals surface area contributed by atoms with Crippen molar-refractivity contribution in [3.8, 4) is 5.75 Å². The molecule has 0 fully saturated rings. The zero-order valence-electron chi connectivity index (χ0n) is 13.6. The third-order valence-electron chi connectivity index (χ3n) is 3.49. The molecule has 0 aliphatic rings. The highest BCUT2D eigenvalue weighted by atomic mass is 19.1. The summed E-state index contributed by atoms with van der Waals surface area (Å²) in [6.07, 6.45) is 4.79. The maximum absolute atomic E-state index is 13.1. The quantitative estimate of drug-likeness (QED) is 0.712. The van der Waals surface area contributed by atoms with Crippen LogP contribution in [0.5, 0.6) is 5.75 Å². The van der Waals surface area contributed by atoms with Crippen LogP contribution < -0.4 is 10.1 Å². The van der Waals surface area contributed by atoms with E-state index >= 15 is 0 Å². The van der Waals surface area contributed by atoms with Gasteiger partial charge in [-0.3, -0.25) is 4.79 Å². The number of carbonyl (C=O) groups excluding carboxylic acids is 1. The third-order valence-corrected chi connectivity index (χ3v) is 3.49. The van der Waals surface area contributed by atoms with E-state index in [0.29, 0.717) is 12.3 Å². The van der Waals surface area contributed by atoms with Crippen molar-refractivity contribution in [3.63, 3.8) is 0 Å². The molecule has 3 aromatic rings. The largest absolute Gasteiger partial charge is 0.484 e. The first-order valence-electron chi connectivity index (χ1n) is 7.76. The Bertz CT molecular complexity index is 859. The van der Waals surface area contributed by atoms with Crippen LogP contribution in [-0.2, 0) is 19.7 Å². The number of rotatable bonds is 7. The molecule has 0 radical (unpaired) electrons. The molecule has 1 aromatic carbocycles. The van der Waals surface area contributed by atoms with Crippen LogP contribution in [0.1, 0.15) is 29.1 Å². The van der Waals surface area contributed by atoms with Gasteiger partial charge in [-0.2, -0.15) is 0 Å². The summed E-state index contributed by atoms with van der Waals surface area (Å²) in [5, 5.41) is 2.74. The maximum atomic E-state index is 13.1. The number of carbonyl (C=O) groups is 1. The lowest BCUT2D eigenvalue weighted by Crippen LogP contribution is -2.25. The summed E-state index contributed by atoms with van der Waals surface area (Å²) >= 11 is 0. The standard InChI is InChI=1S/C17H17FN4O3/c1-2-22-7-6-19-15(22)9-20-17(23)14-10-25-16(21-14)11-24-13-5-3-4-12(18)8-13/h3-8,10H,2,9,11H2,1H3,(H,20,23). The predicted molar refractivity (Wildman–Crippen MR) is 86.3 cm³/mol. The summed E-state index contributed by atoms with van der Waals surface area (Å²) in [6.45, 7) is 3.06. The number of hydrogen-bond donors (Lipinski definition) is 1. The predicted octanol–water partition coefficient (Wildman–Crippen LogP) is 2.54. The average molecular weight is 344 g/mol. The number of benzene rings is 1. The zero-order chi connectivity index (χ0) is 17.6. The van der Waals surface area contributed by atoms with Gasteiger partial charge in [-0.25, -0.2) is 14.4 Å². The Morgan fingerprint density at radius 2 is 2.32 bits per heavy atom. The van der Waals surface area contributed by atoms with E-state index in [9.17, 15) is 9.18 Å². The molecule has 130 valence electrons. The fraction of sp³-hybridized carbons (Fsp3) is 0.235. The monoisotopic (exact) mass is 344 g/mol. The van der Waals surface area contributed by atoms with E-state index in [1.165, 1.54) is 18.4 Å². The molecule has 3 rings (SSSR count). The first-order chi connectivity index (χ1) is 12.2. The van der Waals surface area contributed by atoms with Crippen LogP contribution in [0.25, 0.3) is 0 Å². The maximum Gasteiger partial charge on any atom is 0.273 e. The molecule has 2 aromatic heterocycles. The summed E-state index contributed by atoms with van der Waals surface area (Å²) in [4.78, 5) is 20.4. The Hall–Kier alpha value is -3.16. The molecule has 1 amide bonds. The van der Waals surface area contributed by atoms with Crippen LogP contribution in [0.4, 0.5) is 4.39 Å². The Kier molecular flexibility index (Phi) is 5.08. The SMILES string of the molecule is CCn1ccnc1CNC(=O)c1coc(COc2cccc(F)c2)n1. The lowest BCUT2D eigenvalue weighted by atomic mass is 10.3. The number of ether oxygens (including phenoxy) is 1. The summed E-state index contributed by atoms with van der Waals surface area (Å²) in [6, 6.07) is 5.74. The van der Waals surface area contributed by atoms with E-state index in [4.69, 9.17) is 9.15 Å². The molecule has 2 heterocycles. The summed E-state index contributed by atoms with van der Waals surface area (Å²) in [5.74, 6) is 0.580. The van der Waals surface area contributed by atoms with Crippen molar-refractivity contribution < 1.29 is 18.3 Å². The Labute approximate surface area is 143 Å². The second-order valence-electron chi connectivity index (χ2n) is 5.18. The molecule has 0 aliphatic carbocycles. The Morgan fingerprint density at radius 3 is 3.12 bits per heavy atom. The molecular formula is C17H17FN4O3. The second-order valence-corrected chi connectivity index (χ2v) is 5.18. The molecule has 0 saturated carbocycles. The number of hydrogen-bond acceptors (Lipinski definition) is 5. The van der Waals surface area contributed by atoms with Gasteiger partial charge in [0.2, 0.25) is 5.89 Å². The van der Waals surface area contributed by atoms with Crippen molar-refractivity contribution in [2.45, 2.75) is 26.6 Å². The van der Waals surface area contributed by atoms with Gasteiger partial charge in [0, 0.05) is 25.0 Å². The van der Waals surface area contributed by atoms with Gasteiger partial charge in [0.15, 0.2) is 12.3 Å². The average Bonchev–Trinajstić information content (AvgIpc) is 3.27. The van der Waals surface area contributed by atoms with E-state index in [1.807, 2.05) is 17.7 Å². The van der Waals surface area contributed by atoms with Gasteiger partial charge in [0.05, 0.1) is 6.54 Å². The molecular weight excluding hydrogens is 327 g/mol.